The molecule has 1 aliphatic carbocycles. The minimum atomic E-state index is -1.64. The fraction of sp³-hybridized carbons (Fsp3) is 0.605. The minimum Gasteiger partial charge on any atom is -0.463 e. The summed E-state index contributed by atoms with van der Waals surface area (Å²) in [5.74, 6) is -5.35. The zero-order chi connectivity index (χ0) is 40.6. The van der Waals surface area contributed by atoms with Crippen LogP contribution in [0.15, 0.2) is 65.8 Å². The van der Waals surface area contributed by atoms with Crippen LogP contribution in [0.4, 0.5) is 0 Å². The number of hydrogen-bond donors (Lipinski definition) is 1. The number of esters is 3. The van der Waals surface area contributed by atoms with Crippen molar-refractivity contribution in [3.8, 4) is 0 Å². The Morgan fingerprint density at radius 2 is 1.25 bits per heavy atom. The lowest BCUT2D eigenvalue weighted by molar-refractivity contribution is -0.475. The molecule has 0 amide bonds. The Bertz CT molecular complexity index is 1680. The zero-order valence-corrected chi connectivity index (χ0v) is 32.3. The molecule has 2 aliphatic heterocycles. The van der Waals surface area contributed by atoms with E-state index < -0.39 is 103 Å². The average Bonchev–Trinajstić information content (AvgIpc) is 3.17. The van der Waals surface area contributed by atoms with Crippen LogP contribution < -0.4 is 0 Å². The Labute approximate surface area is 324 Å². The number of carbonyl (C=O) groups excluding carboxylic acids is 3. The molecule has 18 heteroatoms. The Morgan fingerprint density at radius 1 is 0.750 bits per heavy atom. The molecule has 0 unspecified atom stereocenters. The fourth-order valence-corrected chi connectivity index (χ4v) is 7.01. The van der Waals surface area contributed by atoms with Crippen LogP contribution in [0.2, 0.25) is 0 Å². The summed E-state index contributed by atoms with van der Waals surface area (Å²) in [6.07, 6.45) is -13.4. The first kappa shape index (κ1) is 42.9. The highest BCUT2D eigenvalue weighted by Gasteiger charge is 2.65. The molecule has 2 aromatic carbocycles. The molecule has 2 aromatic rings. The number of aliphatic hydroxyl groups excluding tert-OH is 1. The van der Waals surface area contributed by atoms with E-state index >= 15 is 0 Å². The van der Waals surface area contributed by atoms with Crippen LogP contribution in [0.1, 0.15) is 45.7 Å². The summed E-state index contributed by atoms with van der Waals surface area (Å²) in [5.41, 5.74) is 11.3. The maximum atomic E-state index is 12.4. The Balaban J connectivity index is 1.60. The van der Waals surface area contributed by atoms with Gasteiger partial charge in [0.2, 0.25) is 11.6 Å². The number of fused-ring (bicyclic) bond motifs is 1. The summed E-state index contributed by atoms with van der Waals surface area (Å²) in [5, 5.41) is 16.2. The smallest absolute Gasteiger partial charge is 0.303 e. The largest absolute Gasteiger partial charge is 0.463 e. The summed E-state index contributed by atoms with van der Waals surface area (Å²) in [6.45, 7) is 6.21. The van der Waals surface area contributed by atoms with Gasteiger partial charge in [0.1, 0.15) is 55.4 Å². The van der Waals surface area contributed by atoms with Crippen molar-refractivity contribution in [3.63, 3.8) is 0 Å². The van der Waals surface area contributed by atoms with Gasteiger partial charge in [-0.05, 0) is 30.5 Å². The quantitative estimate of drug-likeness (QED) is 0.0900. The summed E-state index contributed by atoms with van der Waals surface area (Å²) in [7, 11) is 2.86. The van der Waals surface area contributed by atoms with Crippen molar-refractivity contribution in [2.75, 3.05) is 20.8 Å². The number of methoxy groups -OCH3 is 2. The van der Waals surface area contributed by atoms with E-state index in [1.807, 2.05) is 60.7 Å². The van der Waals surface area contributed by atoms with E-state index in [0.29, 0.717) is 0 Å². The second-order valence-corrected chi connectivity index (χ2v) is 13.8. The van der Waals surface area contributed by atoms with E-state index in [2.05, 4.69) is 10.0 Å². The Hall–Kier alpha value is -4.20. The first-order chi connectivity index (χ1) is 26.7. The molecular weight excluding hydrogens is 738 g/mol. The fourth-order valence-electron chi connectivity index (χ4n) is 7.01. The standard InChI is InChI=1S/C38H49N3O15/c1-21(42)48-20-26-29(51-22(2)43)30(52-23(3)44)27(40-41-39)36(53-26)54-32-28(45)31(49-18-24-14-10-8-11-15-24)34-35(33(32)50-19-25-16-12-9-13-17-25)56-38(5,47-7)37(4,46-6)55-34/h8-17,26-36,45H,18-20H2,1-7H3/t26-,27-,28-,29+,30-,31+,32+,33+,34-,35-,36-,37+,38+/m1/s1. The number of carbonyl (C=O) groups is 3. The van der Waals surface area contributed by atoms with E-state index in [4.69, 9.17) is 52.1 Å². The molecule has 1 saturated carbocycles. The van der Waals surface area contributed by atoms with Crippen molar-refractivity contribution in [3.05, 3.63) is 82.2 Å². The van der Waals surface area contributed by atoms with Gasteiger partial charge < -0.3 is 57.2 Å². The van der Waals surface area contributed by atoms with Crippen molar-refractivity contribution in [2.45, 2.75) is 127 Å². The maximum absolute atomic E-state index is 12.4. The lowest BCUT2D eigenvalue weighted by Crippen LogP contribution is -2.76. The van der Waals surface area contributed by atoms with Gasteiger partial charge in [0.15, 0.2) is 18.5 Å². The first-order valence-corrected chi connectivity index (χ1v) is 18.0. The summed E-state index contributed by atoms with van der Waals surface area (Å²) in [4.78, 5) is 39.6. The number of hydrogen-bond acceptors (Lipinski definition) is 16. The van der Waals surface area contributed by atoms with Gasteiger partial charge in [0, 0.05) is 39.9 Å². The van der Waals surface area contributed by atoms with Crippen molar-refractivity contribution in [1.82, 2.24) is 0 Å². The number of nitrogens with zero attached hydrogens (tertiary/aromatic N) is 3. The molecule has 18 nitrogen and oxygen atoms in total. The lowest BCUT2D eigenvalue weighted by atomic mass is 9.82. The predicted molar refractivity (Wildman–Crippen MR) is 191 cm³/mol. The molecule has 13 atom stereocenters. The molecule has 56 heavy (non-hydrogen) atoms. The third-order valence-corrected chi connectivity index (χ3v) is 10.0. The van der Waals surface area contributed by atoms with Gasteiger partial charge in [-0.1, -0.05) is 65.8 Å². The van der Waals surface area contributed by atoms with Crippen LogP contribution in [0.3, 0.4) is 0 Å². The van der Waals surface area contributed by atoms with Crippen LogP contribution >= 0.6 is 0 Å². The van der Waals surface area contributed by atoms with Gasteiger partial charge >= 0.3 is 17.9 Å². The van der Waals surface area contributed by atoms with Crippen molar-refractivity contribution < 1.29 is 71.6 Å². The molecule has 0 bridgehead atoms. The van der Waals surface area contributed by atoms with E-state index in [1.54, 1.807) is 13.8 Å². The molecule has 2 heterocycles. The third-order valence-electron chi connectivity index (χ3n) is 10.0. The van der Waals surface area contributed by atoms with Crippen molar-refractivity contribution in [1.29, 1.82) is 0 Å². The first-order valence-electron chi connectivity index (χ1n) is 18.0. The average molecular weight is 788 g/mol. The number of azide groups is 1. The van der Waals surface area contributed by atoms with Crippen LogP contribution in [-0.4, -0.2) is 123 Å². The van der Waals surface area contributed by atoms with E-state index in [1.165, 1.54) is 14.2 Å². The number of rotatable bonds is 15. The monoisotopic (exact) mass is 787 g/mol. The van der Waals surface area contributed by atoms with Crippen LogP contribution in [0.25, 0.3) is 10.4 Å². The van der Waals surface area contributed by atoms with Crippen LogP contribution in [-0.2, 0) is 79.7 Å². The third kappa shape index (κ3) is 9.66. The van der Waals surface area contributed by atoms with Gasteiger partial charge in [-0.3, -0.25) is 14.4 Å². The molecule has 0 radical (unpaired) electrons. The number of ether oxygens (including phenoxy) is 11. The molecule has 0 spiro atoms. The topological polar surface area (TPSA) is 222 Å². The molecule has 0 aromatic heterocycles. The summed E-state index contributed by atoms with van der Waals surface area (Å²) in [6, 6.07) is 16.9. The van der Waals surface area contributed by atoms with Crippen LogP contribution in [0.5, 0.6) is 0 Å². The maximum Gasteiger partial charge on any atom is 0.303 e. The normalized spacial score (nSPS) is 35.3. The molecule has 5 rings (SSSR count). The Kier molecular flexibility index (Phi) is 14.4. The van der Waals surface area contributed by atoms with E-state index in [-0.39, 0.29) is 13.2 Å². The SMILES string of the molecule is CO[C@@]1(C)O[C@@H]2[C@@H](OCc3ccccc3)[C@@H](O[C@H]3O[C@H](COC(C)=O)[C@H](OC(C)=O)[C@H](OC(C)=O)[C@H]3N=[N+]=[N-])[C@H](O)[C@H](OCc3ccccc3)[C@H]2O[C@]1(C)OC. The highest BCUT2D eigenvalue weighted by atomic mass is 16.8. The van der Waals surface area contributed by atoms with Crippen LogP contribution in [0, 0.1) is 0 Å². The predicted octanol–water partition coefficient (Wildman–Crippen LogP) is 3.26. The van der Waals surface area contributed by atoms with E-state index in [9.17, 15) is 25.0 Å². The zero-order valence-electron chi connectivity index (χ0n) is 32.3. The van der Waals surface area contributed by atoms with Gasteiger partial charge in [0.25, 0.3) is 0 Å². The second-order valence-electron chi connectivity index (χ2n) is 13.8. The number of benzene rings is 2. The molecule has 306 valence electrons. The Morgan fingerprint density at radius 3 is 1.73 bits per heavy atom. The summed E-state index contributed by atoms with van der Waals surface area (Å²) >= 11 is 0. The second kappa shape index (κ2) is 18.8. The van der Waals surface area contributed by atoms with Gasteiger partial charge in [-0.2, -0.15) is 0 Å². The summed E-state index contributed by atoms with van der Waals surface area (Å²) < 4.78 is 67.1. The molecule has 2 saturated heterocycles. The van der Waals surface area contributed by atoms with Gasteiger partial charge in [-0.15, -0.1) is 0 Å². The van der Waals surface area contributed by atoms with E-state index in [0.717, 1.165) is 31.9 Å². The highest BCUT2D eigenvalue weighted by molar-refractivity contribution is 5.68. The van der Waals surface area contributed by atoms with Crippen molar-refractivity contribution in [2.24, 2.45) is 5.11 Å². The highest BCUT2D eigenvalue weighted by Crippen LogP contribution is 2.46. The van der Waals surface area contributed by atoms with Gasteiger partial charge in [-0.25, -0.2) is 0 Å². The molecule has 1 N–H and O–H groups in total. The van der Waals surface area contributed by atoms with Gasteiger partial charge in [0.05, 0.1) is 13.2 Å². The minimum absolute atomic E-state index is 0.0103. The molecule has 3 fully saturated rings. The molecule has 3 aliphatic rings. The lowest BCUT2D eigenvalue weighted by Gasteiger charge is -2.58. The molecular formula is C38H49N3O15. The van der Waals surface area contributed by atoms with Crippen molar-refractivity contribution >= 4 is 17.9 Å². The number of aliphatic hydroxyl groups is 1.